The molecule has 0 aliphatic carbocycles. The lowest BCUT2D eigenvalue weighted by Gasteiger charge is -2.03. The summed E-state index contributed by atoms with van der Waals surface area (Å²) in [5.41, 5.74) is 1.33. The largest absolute Gasteiger partial charge is 0.479 e. The number of benzene rings is 1. The second-order valence-electron chi connectivity index (χ2n) is 3.30. The molecule has 0 N–H and O–H groups in total. The van der Waals surface area contributed by atoms with Crippen LogP contribution in [-0.4, -0.2) is 18.5 Å². The summed E-state index contributed by atoms with van der Waals surface area (Å²) in [6.45, 7) is 2.64. The number of hydrogen-bond donors (Lipinski definition) is 0. The number of nitrogens with zero attached hydrogens (tertiary/aromatic N) is 1. The molecule has 0 radical (unpaired) electrons. The molecule has 1 aromatic rings. The van der Waals surface area contributed by atoms with Gasteiger partial charge in [0.2, 0.25) is 0 Å². The Morgan fingerprint density at radius 1 is 1.38 bits per heavy atom. The van der Waals surface area contributed by atoms with Gasteiger partial charge in [-0.05, 0) is 12.0 Å². The maximum absolute atomic E-state index is 5.29. The number of hydrogen-bond acceptors (Lipinski definition) is 2. The third-order valence-electron chi connectivity index (χ3n) is 2.16. The first-order chi connectivity index (χ1) is 6.34. The third kappa shape index (κ3) is 2.08. The standard InChI is InChI=1S/C11H13NO/c1-9-12-11(8-13-9)7-10-5-3-2-4-6-10/h2-6,11H,7-8H2,1H3/t11-/m0/s1. The molecule has 0 spiro atoms. The van der Waals surface area contributed by atoms with E-state index < -0.39 is 0 Å². The lowest BCUT2D eigenvalue weighted by atomic mass is 10.1. The molecule has 13 heavy (non-hydrogen) atoms. The van der Waals surface area contributed by atoms with Crippen molar-refractivity contribution in [1.29, 1.82) is 0 Å². The predicted molar refractivity (Wildman–Crippen MR) is 53.0 cm³/mol. The molecule has 0 saturated carbocycles. The highest BCUT2D eigenvalue weighted by molar-refractivity contribution is 5.74. The van der Waals surface area contributed by atoms with Crippen molar-refractivity contribution in [3.05, 3.63) is 35.9 Å². The fraction of sp³-hybridized carbons (Fsp3) is 0.364. The van der Waals surface area contributed by atoms with Gasteiger partial charge in [0.15, 0.2) is 5.90 Å². The average Bonchev–Trinajstić information content (AvgIpc) is 2.53. The first kappa shape index (κ1) is 8.30. The molecule has 1 atom stereocenters. The second-order valence-corrected chi connectivity index (χ2v) is 3.30. The Morgan fingerprint density at radius 3 is 2.77 bits per heavy atom. The Labute approximate surface area is 78.3 Å². The summed E-state index contributed by atoms with van der Waals surface area (Å²) in [4.78, 5) is 4.38. The molecule has 0 saturated heterocycles. The van der Waals surface area contributed by atoms with Crippen LogP contribution < -0.4 is 0 Å². The fourth-order valence-corrected chi connectivity index (χ4v) is 1.54. The minimum Gasteiger partial charge on any atom is -0.479 e. The van der Waals surface area contributed by atoms with Gasteiger partial charge in [0.25, 0.3) is 0 Å². The quantitative estimate of drug-likeness (QED) is 0.674. The fourth-order valence-electron chi connectivity index (χ4n) is 1.54. The summed E-state index contributed by atoms with van der Waals surface area (Å²) in [6, 6.07) is 10.7. The SMILES string of the molecule is CC1=N[C@@H](Cc2ccccc2)CO1. The maximum atomic E-state index is 5.29. The van der Waals surface area contributed by atoms with Crippen LogP contribution in [0.3, 0.4) is 0 Å². The number of aliphatic imine (C=N–C) groups is 1. The van der Waals surface area contributed by atoms with Crippen molar-refractivity contribution >= 4 is 5.90 Å². The van der Waals surface area contributed by atoms with E-state index in [2.05, 4.69) is 29.3 Å². The van der Waals surface area contributed by atoms with E-state index in [1.807, 2.05) is 13.0 Å². The van der Waals surface area contributed by atoms with Crippen LogP contribution in [0.2, 0.25) is 0 Å². The van der Waals surface area contributed by atoms with Gasteiger partial charge in [-0.1, -0.05) is 30.3 Å². The third-order valence-corrected chi connectivity index (χ3v) is 2.16. The second kappa shape index (κ2) is 3.60. The van der Waals surface area contributed by atoms with E-state index in [1.165, 1.54) is 5.56 Å². The highest BCUT2D eigenvalue weighted by Gasteiger charge is 2.15. The average molecular weight is 175 g/mol. The molecule has 0 amide bonds. The molecule has 0 unspecified atom stereocenters. The number of rotatable bonds is 2. The van der Waals surface area contributed by atoms with Crippen molar-refractivity contribution in [1.82, 2.24) is 0 Å². The molecule has 0 aromatic heterocycles. The molecule has 1 heterocycles. The lowest BCUT2D eigenvalue weighted by molar-refractivity contribution is 0.314. The van der Waals surface area contributed by atoms with Crippen molar-refractivity contribution in [2.24, 2.45) is 4.99 Å². The van der Waals surface area contributed by atoms with Crippen LogP contribution in [0.4, 0.5) is 0 Å². The molecule has 1 aliphatic heterocycles. The van der Waals surface area contributed by atoms with Crippen LogP contribution >= 0.6 is 0 Å². The smallest absolute Gasteiger partial charge is 0.180 e. The molecule has 2 heteroatoms. The Hall–Kier alpha value is -1.31. The molecule has 2 nitrogen and oxygen atoms in total. The molecule has 1 aromatic carbocycles. The predicted octanol–water partition coefficient (Wildman–Crippen LogP) is 2.05. The topological polar surface area (TPSA) is 21.6 Å². The summed E-state index contributed by atoms with van der Waals surface area (Å²) in [7, 11) is 0. The van der Waals surface area contributed by atoms with Crippen molar-refractivity contribution in [2.45, 2.75) is 19.4 Å². The van der Waals surface area contributed by atoms with Crippen LogP contribution in [0.1, 0.15) is 12.5 Å². The summed E-state index contributed by atoms with van der Waals surface area (Å²) < 4.78 is 5.29. The van der Waals surface area contributed by atoms with Gasteiger partial charge >= 0.3 is 0 Å². The zero-order valence-electron chi connectivity index (χ0n) is 7.73. The van der Waals surface area contributed by atoms with E-state index >= 15 is 0 Å². The van der Waals surface area contributed by atoms with E-state index in [0.29, 0.717) is 6.04 Å². The molecule has 2 rings (SSSR count). The maximum Gasteiger partial charge on any atom is 0.180 e. The van der Waals surface area contributed by atoms with Gasteiger partial charge in [-0.2, -0.15) is 0 Å². The van der Waals surface area contributed by atoms with E-state index in [4.69, 9.17) is 4.74 Å². The summed E-state index contributed by atoms with van der Waals surface area (Å²) in [5.74, 6) is 0.820. The van der Waals surface area contributed by atoms with Gasteiger partial charge in [0.05, 0.1) is 6.04 Å². The highest BCUT2D eigenvalue weighted by atomic mass is 16.5. The van der Waals surface area contributed by atoms with Gasteiger partial charge in [0, 0.05) is 6.92 Å². The van der Waals surface area contributed by atoms with E-state index in [0.717, 1.165) is 18.9 Å². The van der Waals surface area contributed by atoms with Gasteiger partial charge in [-0.15, -0.1) is 0 Å². The van der Waals surface area contributed by atoms with Crippen molar-refractivity contribution in [3.8, 4) is 0 Å². The van der Waals surface area contributed by atoms with Gasteiger partial charge < -0.3 is 4.74 Å². The first-order valence-corrected chi connectivity index (χ1v) is 4.56. The molecule has 68 valence electrons. The van der Waals surface area contributed by atoms with E-state index in [1.54, 1.807) is 0 Å². The zero-order valence-corrected chi connectivity index (χ0v) is 7.73. The minimum atomic E-state index is 0.322. The van der Waals surface area contributed by atoms with Crippen LogP contribution in [-0.2, 0) is 11.2 Å². The van der Waals surface area contributed by atoms with Crippen LogP contribution in [0.5, 0.6) is 0 Å². The summed E-state index contributed by atoms with van der Waals surface area (Å²) in [6.07, 6.45) is 0.984. The lowest BCUT2D eigenvalue weighted by Crippen LogP contribution is -2.09. The Morgan fingerprint density at radius 2 is 2.15 bits per heavy atom. The zero-order chi connectivity index (χ0) is 9.10. The highest BCUT2D eigenvalue weighted by Crippen LogP contribution is 2.11. The normalized spacial score (nSPS) is 21.0. The summed E-state index contributed by atoms with van der Waals surface area (Å²) in [5, 5.41) is 0. The van der Waals surface area contributed by atoms with Crippen molar-refractivity contribution in [2.75, 3.05) is 6.61 Å². The van der Waals surface area contributed by atoms with Crippen molar-refractivity contribution < 1.29 is 4.74 Å². The molecule has 0 fully saturated rings. The Balaban J connectivity index is 2.00. The monoisotopic (exact) mass is 175 g/mol. The van der Waals surface area contributed by atoms with Crippen molar-refractivity contribution in [3.63, 3.8) is 0 Å². The molecule has 1 aliphatic rings. The van der Waals surface area contributed by atoms with Crippen LogP contribution in [0.15, 0.2) is 35.3 Å². The van der Waals surface area contributed by atoms with Gasteiger partial charge in [0.1, 0.15) is 6.61 Å². The Kier molecular flexibility index (Phi) is 2.30. The number of ether oxygens (including phenoxy) is 1. The van der Waals surface area contributed by atoms with E-state index in [-0.39, 0.29) is 0 Å². The minimum absolute atomic E-state index is 0.322. The van der Waals surface area contributed by atoms with Crippen LogP contribution in [0.25, 0.3) is 0 Å². The molecular formula is C11H13NO. The van der Waals surface area contributed by atoms with Gasteiger partial charge in [-0.25, -0.2) is 4.99 Å². The molecular weight excluding hydrogens is 162 g/mol. The molecule has 0 bridgehead atoms. The first-order valence-electron chi connectivity index (χ1n) is 4.56. The summed E-state index contributed by atoms with van der Waals surface area (Å²) >= 11 is 0. The Bertz CT molecular complexity index is 305. The van der Waals surface area contributed by atoms with E-state index in [9.17, 15) is 0 Å². The van der Waals surface area contributed by atoms with Gasteiger partial charge in [-0.3, -0.25) is 0 Å². The van der Waals surface area contributed by atoms with Crippen LogP contribution in [0, 0.1) is 0 Å².